The first-order valence-electron chi connectivity index (χ1n) is 14.2. The molecule has 0 bridgehead atoms. The first kappa shape index (κ1) is 35.2. The molecule has 2 aromatic carbocycles. The van der Waals surface area contributed by atoms with Crippen LogP contribution in [-0.4, -0.2) is 112 Å². The third kappa shape index (κ3) is 20.8. The molecule has 0 atom stereocenters. The number of alkyl carbamates (subject to hydrolysis) is 1. The van der Waals surface area contributed by atoms with Crippen molar-refractivity contribution in [2.45, 2.75) is 6.61 Å². The van der Waals surface area contributed by atoms with E-state index in [0.29, 0.717) is 111 Å². The third-order valence-electron chi connectivity index (χ3n) is 5.34. The van der Waals surface area contributed by atoms with E-state index in [9.17, 15) is 4.79 Å². The molecule has 236 valence electrons. The summed E-state index contributed by atoms with van der Waals surface area (Å²) >= 11 is 0. The lowest BCUT2D eigenvalue weighted by Gasteiger charge is -2.09. The van der Waals surface area contributed by atoms with E-state index in [1.54, 1.807) is 12.1 Å². The topological polar surface area (TPSA) is 138 Å². The van der Waals surface area contributed by atoms with Crippen molar-refractivity contribution in [2.24, 2.45) is 0 Å². The molecule has 0 saturated heterocycles. The molecule has 0 aromatic heterocycles. The first-order chi connectivity index (χ1) is 20.7. The maximum Gasteiger partial charge on any atom is 0.407 e. The van der Waals surface area contributed by atoms with E-state index in [1.165, 1.54) is 0 Å². The van der Waals surface area contributed by atoms with Gasteiger partial charge in [-0.25, -0.2) is 4.79 Å². The molecule has 0 heterocycles. The molecule has 0 radical (unpaired) electrons. The minimum absolute atomic E-state index is 0.239. The van der Waals surface area contributed by atoms with Crippen LogP contribution in [0.15, 0.2) is 54.6 Å². The third-order valence-corrected chi connectivity index (χ3v) is 5.34. The summed E-state index contributed by atoms with van der Waals surface area (Å²) in [5.74, 6) is 0.768. The van der Waals surface area contributed by atoms with Gasteiger partial charge in [-0.1, -0.05) is 30.3 Å². The number of amides is 1. The standard InChI is InChI=1S/C30H46N2O10/c31-28-6-8-29(9-7-28)41-25-24-40-23-22-39-21-20-38-19-18-37-17-16-36-15-14-35-13-12-34-11-10-32-30(33)42-26-27-4-2-1-3-5-27/h1-9H,10-26,31H2,(H,32,33). The summed E-state index contributed by atoms with van der Waals surface area (Å²) in [5, 5.41) is 2.64. The second kappa shape index (κ2) is 25.7. The number of nitrogen functional groups attached to an aromatic ring is 1. The lowest BCUT2D eigenvalue weighted by Crippen LogP contribution is -2.28. The quantitative estimate of drug-likeness (QED) is 0.117. The Morgan fingerprint density at radius 3 is 1.45 bits per heavy atom. The first-order valence-corrected chi connectivity index (χ1v) is 14.2. The summed E-state index contributed by atoms with van der Waals surface area (Å²) in [6.07, 6.45) is -0.468. The lowest BCUT2D eigenvalue weighted by atomic mass is 10.2. The average Bonchev–Trinajstić information content (AvgIpc) is 3.01. The summed E-state index contributed by atoms with van der Waals surface area (Å²) in [4.78, 5) is 11.6. The van der Waals surface area contributed by atoms with E-state index in [4.69, 9.17) is 48.4 Å². The predicted molar refractivity (Wildman–Crippen MR) is 157 cm³/mol. The second-order valence-corrected chi connectivity index (χ2v) is 8.69. The Hall–Kier alpha value is -2.97. The van der Waals surface area contributed by atoms with Gasteiger partial charge in [-0.2, -0.15) is 0 Å². The summed E-state index contributed by atoms with van der Waals surface area (Å²) < 4.78 is 48.8. The van der Waals surface area contributed by atoms with Gasteiger partial charge in [0, 0.05) is 12.2 Å². The Morgan fingerprint density at radius 1 is 0.548 bits per heavy atom. The summed E-state index contributed by atoms with van der Waals surface area (Å²) in [7, 11) is 0. The molecule has 3 N–H and O–H groups in total. The molecule has 0 saturated carbocycles. The van der Waals surface area contributed by atoms with E-state index < -0.39 is 6.09 Å². The maximum atomic E-state index is 11.6. The fourth-order valence-corrected chi connectivity index (χ4v) is 3.20. The molecule has 2 rings (SSSR count). The highest BCUT2D eigenvalue weighted by atomic mass is 16.6. The molecular weight excluding hydrogens is 548 g/mol. The number of benzene rings is 2. The fourth-order valence-electron chi connectivity index (χ4n) is 3.20. The zero-order chi connectivity index (χ0) is 29.8. The monoisotopic (exact) mass is 594 g/mol. The van der Waals surface area contributed by atoms with Crippen molar-refractivity contribution in [3.63, 3.8) is 0 Å². The fraction of sp³-hybridized carbons (Fsp3) is 0.567. The number of anilines is 1. The average molecular weight is 595 g/mol. The number of carbonyl (C=O) groups excluding carboxylic acids is 1. The van der Waals surface area contributed by atoms with Crippen LogP contribution >= 0.6 is 0 Å². The van der Waals surface area contributed by atoms with Crippen LogP contribution in [0.3, 0.4) is 0 Å². The van der Waals surface area contributed by atoms with Crippen molar-refractivity contribution in [2.75, 3.05) is 111 Å². The van der Waals surface area contributed by atoms with Gasteiger partial charge in [0.1, 0.15) is 19.0 Å². The summed E-state index contributed by atoms with van der Waals surface area (Å²) in [5.41, 5.74) is 7.28. The largest absolute Gasteiger partial charge is 0.491 e. The van der Waals surface area contributed by atoms with Crippen LogP contribution in [-0.2, 0) is 44.5 Å². The minimum atomic E-state index is -0.468. The maximum absolute atomic E-state index is 11.6. The van der Waals surface area contributed by atoms with Crippen LogP contribution in [0, 0.1) is 0 Å². The van der Waals surface area contributed by atoms with Gasteiger partial charge in [-0.05, 0) is 29.8 Å². The predicted octanol–water partition coefficient (Wildman–Crippen LogP) is 2.69. The molecule has 0 spiro atoms. The Morgan fingerprint density at radius 2 is 0.976 bits per heavy atom. The minimum Gasteiger partial charge on any atom is -0.491 e. The van der Waals surface area contributed by atoms with Crippen molar-refractivity contribution in [1.29, 1.82) is 0 Å². The van der Waals surface area contributed by atoms with Crippen molar-refractivity contribution in [3.05, 3.63) is 60.2 Å². The second-order valence-electron chi connectivity index (χ2n) is 8.69. The molecule has 42 heavy (non-hydrogen) atoms. The Kier molecular flexibility index (Phi) is 21.6. The van der Waals surface area contributed by atoms with Crippen molar-refractivity contribution < 1.29 is 47.4 Å². The molecule has 0 fully saturated rings. The number of nitrogens with one attached hydrogen (secondary N) is 1. The summed E-state index contributed by atoms with van der Waals surface area (Å²) in [6, 6.07) is 16.8. The molecule has 0 aliphatic carbocycles. The van der Waals surface area contributed by atoms with Gasteiger partial charge in [0.15, 0.2) is 0 Å². The SMILES string of the molecule is Nc1ccc(OCCOCCOCCOCCOCCOCCOCCOCCNC(=O)OCc2ccccc2)cc1. The van der Waals surface area contributed by atoms with Crippen LogP contribution in [0.2, 0.25) is 0 Å². The molecule has 0 aliphatic heterocycles. The summed E-state index contributed by atoms with van der Waals surface area (Å²) in [6.45, 7) is 7.75. The van der Waals surface area contributed by atoms with Crippen molar-refractivity contribution in [1.82, 2.24) is 5.32 Å². The molecule has 0 aliphatic rings. The van der Waals surface area contributed by atoms with Gasteiger partial charge in [0.2, 0.25) is 0 Å². The highest BCUT2D eigenvalue weighted by Crippen LogP contribution is 2.12. The number of hydrogen-bond acceptors (Lipinski definition) is 11. The number of hydrogen-bond donors (Lipinski definition) is 2. The van der Waals surface area contributed by atoms with E-state index in [0.717, 1.165) is 11.3 Å². The molecule has 1 amide bonds. The molecule has 2 aromatic rings. The van der Waals surface area contributed by atoms with E-state index in [-0.39, 0.29) is 6.61 Å². The lowest BCUT2D eigenvalue weighted by molar-refractivity contribution is -0.0211. The van der Waals surface area contributed by atoms with Gasteiger partial charge >= 0.3 is 6.09 Å². The number of nitrogens with two attached hydrogens (primary N) is 1. The molecule has 12 nitrogen and oxygen atoms in total. The van der Waals surface area contributed by atoms with Crippen molar-refractivity contribution in [3.8, 4) is 5.75 Å². The van der Waals surface area contributed by atoms with Gasteiger partial charge in [-0.3, -0.25) is 0 Å². The van der Waals surface area contributed by atoms with Gasteiger partial charge in [0.05, 0.1) is 92.5 Å². The van der Waals surface area contributed by atoms with Crippen LogP contribution in [0.1, 0.15) is 5.56 Å². The van der Waals surface area contributed by atoms with E-state index in [2.05, 4.69) is 5.32 Å². The van der Waals surface area contributed by atoms with Crippen LogP contribution < -0.4 is 15.8 Å². The Labute approximate surface area is 248 Å². The molecule has 12 heteroatoms. The molecular formula is C30H46N2O10. The highest BCUT2D eigenvalue weighted by molar-refractivity contribution is 5.67. The molecule has 0 unspecified atom stereocenters. The zero-order valence-corrected chi connectivity index (χ0v) is 24.4. The zero-order valence-electron chi connectivity index (χ0n) is 24.4. The number of carbonyl (C=O) groups is 1. The van der Waals surface area contributed by atoms with Gasteiger partial charge < -0.3 is 53.7 Å². The van der Waals surface area contributed by atoms with E-state index >= 15 is 0 Å². The smallest absolute Gasteiger partial charge is 0.407 e. The van der Waals surface area contributed by atoms with Crippen LogP contribution in [0.25, 0.3) is 0 Å². The van der Waals surface area contributed by atoms with Crippen LogP contribution in [0.4, 0.5) is 10.5 Å². The van der Waals surface area contributed by atoms with Crippen molar-refractivity contribution >= 4 is 11.8 Å². The Bertz CT molecular complexity index is 889. The van der Waals surface area contributed by atoms with E-state index in [1.807, 2.05) is 42.5 Å². The number of ether oxygens (including phenoxy) is 9. The van der Waals surface area contributed by atoms with Gasteiger partial charge in [-0.15, -0.1) is 0 Å². The Balaban J connectivity index is 1.18. The van der Waals surface area contributed by atoms with Crippen LogP contribution in [0.5, 0.6) is 5.75 Å². The highest BCUT2D eigenvalue weighted by Gasteiger charge is 2.02. The number of rotatable bonds is 27. The van der Waals surface area contributed by atoms with Gasteiger partial charge in [0.25, 0.3) is 0 Å². The normalized spacial score (nSPS) is 11.0.